The van der Waals surface area contributed by atoms with Crippen LogP contribution in [0.1, 0.15) is 70.2 Å². The summed E-state index contributed by atoms with van der Waals surface area (Å²) in [6, 6.07) is 4.92. The fourth-order valence-corrected chi connectivity index (χ4v) is 6.92. The Bertz CT molecular complexity index is 1110. The molecular formula is C30H39NO5. The first kappa shape index (κ1) is 25.2. The molecule has 1 unspecified atom stereocenters. The molecule has 1 saturated carbocycles. The Morgan fingerprint density at radius 3 is 2.56 bits per heavy atom. The first-order valence-corrected chi connectivity index (χ1v) is 13.6. The number of hydrogen-bond acceptors (Lipinski definition) is 6. The van der Waals surface area contributed by atoms with Gasteiger partial charge in [0.2, 0.25) is 0 Å². The lowest BCUT2D eigenvalue weighted by Crippen LogP contribution is -2.74. The van der Waals surface area contributed by atoms with Gasteiger partial charge in [0.25, 0.3) is 0 Å². The number of carbonyl (C=O) groups is 2. The fourth-order valence-electron chi connectivity index (χ4n) is 6.92. The van der Waals surface area contributed by atoms with Gasteiger partial charge in [0.1, 0.15) is 17.1 Å². The maximum Gasteiger partial charge on any atom is 0.200 e. The lowest BCUT2D eigenvalue weighted by atomic mass is 9.49. The van der Waals surface area contributed by atoms with E-state index in [9.17, 15) is 14.7 Å². The van der Waals surface area contributed by atoms with Gasteiger partial charge in [-0.1, -0.05) is 50.5 Å². The second-order valence-electron chi connectivity index (χ2n) is 11.2. The number of phenolic OH excluding ortho intramolecular Hbond substituents is 1. The van der Waals surface area contributed by atoms with Gasteiger partial charge in [0.15, 0.2) is 22.8 Å². The summed E-state index contributed by atoms with van der Waals surface area (Å²) in [5.41, 5.74) is -0.619. The van der Waals surface area contributed by atoms with Gasteiger partial charge < -0.3 is 19.5 Å². The third kappa shape index (κ3) is 3.52. The highest BCUT2D eigenvalue weighted by molar-refractivity contribution is 6.18. The third-order valence-electron chi connectivity index (χ3n) is 8.73. The Kier molecular flexibility index (Phi) is 6.63. The molecule has 1 N–H and O–H groups in total. The van der Waals surface area contributed by atoms with Crippen molar-refractivity contribution in [3.05, 3.63) is 47.1 Å². The van der Waals surface area contributed by atoms with Gasteiger partial charge >= 0.3 is 0 Å². The molecule has 2 heterocycles. The molecule has 36 heavy (non-hydrogen) atoms. The first-order valence-electron chi connectivity index (χ1n) is 13.6. The van der Waals surface area contributed by atoms with Gasteiger partial charge in [-0.3, -0.25) is 9.59 Å². The molecule has 6 rings (SSSR count). The molecule has 6 nitrogen and oxygen atoms in total. The maximum absolute atomic E-state index is 14.3. The summed E-state index contributed by atoms with van der Waals surface area (Å²) in [6.45, 7) is 11.6. The van der Waals surface area contributed by atoms with Crippen molar-refractivity contribution in [3.8, 4) is 11.5 Å². The molecule has 194 valence electrons. The lowest BCUT2D eigenvalue weighted by molar-refractivity contribution is -0.171. The van der Waals surface area contributed by atoms with Gasteiger partial charge in [0.05, 0.1) is 6.61 Å². The Hall–Kier alpha value is -2.44. The monoisotopic (exact) mass is 493 g/mol. The molecule has 6 heteroatoms. The van der Waals surface area contributed by atoms with Crippen LogP contribution in [0.5, 0.6) is 11.5 Å². The molecule has 1 aromatic rings. The van der Waals surface area contributed by atoms with Gasteiger partial charge in [-0.2, -0.15) is 0 Å². The highest BCUT2D eigenvalue weighted by Crippen LogP contribution is 2.65. The summed E-state index contributed by atoms with van der Waals surface area (Å²) in [7, 11) is 0. The lowest BCUT2D eigenvalue weighted by Gasteiger charge is -2.58. The molecule has 0 amide bonds. The van der Waals surface area contributed by atoms with Crippen LogP contribution in [-0.2, 0) is 9.53 Å². The van der Waals surface area contributed by atoms with E-state index in [4.69, 9.17) is 9.47 Å². The second-order valence-corrected chi connectivity index (χ2v) is 11.2. The number of carbonyl (C=O) groups excluding carboxylic acids is 2. The topological polar surface area (TPSA) is 76.1 Å². The molecule has 2 fully saturated rings. The maximum atomic E-state index is 14.3. The Labute approximate surface area is 214 Å². The van der Waals surface area contributed by atoms with E-state index in [2.05, 4.69) is 18.7 Å². The summed E-state index contributed by atoms with van der Waals surface area (Å²) < 4.78 is 13.3. The van der Waals surface area contributed by atoms with E-state index in [0.29, 0.717) is 24.4 Å². The van der Waals surface area contributed by atoms with Crippen molar-refractivity contribution in [1.29, 1.82) is 0 Å². The van der Waals surface area contributed by atoms with Crippen molar-refractivity contribution >= 4 is 11.6 Å². The minimum Gasteiger partial charge on any atom is -0.507 e. The van der Waals surface area contributed by atoms with Crippen LogP contribution >= 0.6 is 0 Å². The molecule has 5 aliphatic rings. The number of hydrogen-bond donors (Lipinski definition) is 1. The zero-order valence-electron chi connectivity index (χ0n) is 22.0. The molecule has 1 spiro atoms. The largest absolute Gasteiger partial charge is 0.507 e. The van der Waals surface area contributed by atoms with Crippen LogP contribution < -0.4 is 4.74 Å². The van der Waals surface area contributed by atoms with Crippen LogP contribution in [0.2, 0.25) is 0 Å². The number of unbranched alkanes of at least 4 members (excludes halogenated alkanes) is 2. The van der Waals surface area contributed by atoms with E-state index in [0.717, 1.165) is 50.9 Å². The molecule has 1 aromatic carbocycles. The van der Waals surface area contributed by atoms with Gasteiger partial charge in [-0.25, -0.2) is 0 Å². The summed E-state index contributed by atoms with van der Waals surface area (Å²) in [5, 5.41) is 10.5. The summed E-state index contributed by atoms with van der Waals surface area (Å²) in [6.07, 6.45) is 8.77. The first-order chi connectivity index (χ1) is 17.3. The van der Waals surface area contributed by atoms with Crippen LogP contribution in [0.4, 0.5) is 0 Å². The standard InChI is InChI=1S/C30H39NO5/c1-5-7-14-31(15-8-6-2)17-21-20-16-22-27(33)26-24(32)10-9-11-25(26)36-30(22)23(21)18-35-29(30,28(20)34)13-12-19(3)4/h9-12,16,20-21,23,32H,5-8,13-15,17-18H2,1-4H3/t20-,21+,23-,29?,30-/m1/s1. The summed E-state index contributed by atoms with van der Waals surface area (Å²) in [4.78, 5) is 30.6. The number of aromatic hydroxyl groups is 1. The minimum absolute atomic E-state index is 0.0175. The summed E-state index contributed by atoms with van der Waals surface area (Å²) >= 11 is 0. The molecule has 1 saturated heterocycles. The van der Waals surface area contributed by atoms with Crippen LogP contribution in [0, 0.1) is 17.8 Å². The average molecular weight is 494 g/mol. The number of Topliss-reactive ketones (excluding diaryl/α,β-unsaturated/α-hetero) is 2. The number of ether oxygens (including phenoxy) is 2. The molecule has 4 bridgehead atoms. The number of benzene rings is 1. The molecular weight excluding hydrogens is 454 g/mol. The van der Waals surface area contributed by atoms with E-state index >= 15 is 0 Å². The van der Waals surface area contributed by atoms with Crippen LogP contribution in [0.25, 0.3) is 0 Å². The molecule has 5 atom stereocenters. The Balaban J connectivity index is 1.62. The number of allylic oxidation sites excluding steroid dienone is 2. The van der Waals surface area contributed by atoms with Crippen molar-refractivity contribution in [1.82, 2.24) is 4.90 Å². The van der Waals surface area contributed by atoms with Crippen molar-refractivity contribution in [2.75, 3.05) is 26.2 Å². The van der Waals surface area contributed by atoms with Crippen LogP contribution in [0.3, 0.4) is 0 Å². The fraction of sp³-hybridized carbons (Fsp3) is 0.600. The average Bonchev–Trinajstić information content (AvgIpc) is 3.14. The predicted octanol–water partition coefficient (Wildman–Crippen LogP) is 5.10. The summed E-state index contributed by atoms with van der Waals surface area (Å²) in [5.74, 6) is -0.448. The smallest absolute Gasteiger partial charge is 0.200 e. The number of rotatable bonds is 10. The van der Waals surface area contributed by atoms with Gasteiger partial charge in [0, 0.05) is 30.4 Å². The van der Waals surface area contributed by atoms with Gasteiger partial charge in [-0.15, -0.1) is 0 Å². The molecule has 2 aliphatic heterocycles. The number of fused-ring (bicyclic) bond motifs is 1. The zero-order chi connectivity index (χ0) is 25.7. The number of ketones is 2. The van der Waals surface area contributed by atoms with E-state index < -0.39 is 17.1 Å². The quantitative estimate of drug-likeness (QED) is 0.457. The number of nitrogens with zero attached hydrogens (tertiary/aromatic N) is 1. The van der Waals surface area contributed by atoms with Crippen molar-refractivity contribution in [3.63, 3.8) is 0 Å². The van der Waals surface area contributed by atoms with E-state index in [-0.39, 0.29) is 34.7 Å². The SMILES string of the molecule is CCCCN(CCCC)C[C@@H]1[C@H]2COC3(CC=C(C)C)C(=O)[C@@H]1C=C1C(=O)c4c(O)cccc4O[C@]123. The number of phenols is 1. The third-order valence-corrected chi connectivity index (χ3v) is 8.73. The van der Waals surface area contributed by atoms with Crippen LogP contribution in [0.15, 0.2) is 41.5 Å². The molecule has 0 aromatic heterocycles. The van der Waals surface area contributed by atoms with Crippen molar-refractivity contribution < 1.29 is 24.2 Å². The highest BCUT2D eigenvalue weighted by atomic mass is 16.6. The predicted molar refractivity (Wildman–Crippen MR) is 138 cm³/mol. The zero-order valence-corrected chi connectivity index (χ0v) is 22.0. The molecule has 3 aliphatic carbocycles. The van der Waals surface area contributed by atoms with Gasteiger partial charge in [-0.05, 0) is 57.8 Å². The van der Waals surface area contributed by atoms with E-state index in [1.807, 2.05) is 26.0 Å². The highest BCUT2D eigenvalue weighted by Gasteiger charge is 2.79. The van der Waals surface area contributed by atoms with Crippen molar-refractivity contribution in [2.45, 2.75) is 71.0 Å². The Morgan fingerprint density at radius 2 is 1.89 bits per heavy atom. The van der Waals surface area contributed by atoms with E-state index in [1.54, 1.807) is 12.1 Å². The van der Waals surface area contributed by atoms with Crippen molar-refractivity contribution in [2.24, 2.45) is 17.8 Å². The molecule has 0 radical (unpaired) electrons. The Morgan fingerprint density at radius 1 is 1.17 bits per heavy atom. The normalized spacial score (nSPS) is 31.7. The minimum atomic E-state index is -1.23. The van der Waals surface area contributed by atoms with Crippen LogP contribution in [-0.4, -0.2) is 59.0 Å². The van der Waals surface area contributed by atoms with E-state index in [1.165, 1.54) is 6.07 Å². The second kappa shape index (κ2) is 9.46.